The fourth-order valence-electron chi connectivity index (χ4n) is 4.33. The molecule has 0 amide bonds. The second-order valence-electron chi connectivity index (χ2n) is 8.32. The molecule has 0 aromatic heterocycles. The molecule has 3 aromatic carbocycles. The van der Waals surface area contributed by atoms with E-state index >= 15 is 0 Å². The number of ether oxygens (including phenoxy) is 2. The van der Waals surface area contributed by atoms with E-state index in [2.05, 4.69) is 49.2 Å². The van der Waals surface area contributed by atoms with Crippen molar-refractivity contribution in [3.05, 3.63) is 94.0 Å². The normalized spacial score (nSPS) is 19.5. The number of methoxy groups -OCH3 is 1. The maximum Gasteiger partial charge on any atom is 0.214 e. The third-order valence-electron chi connectivity index (χ3n) is 6.07. The highest BCUT2D eigenvalue weighted by Gasteiger charge is 2.42. The Morgan fingerprint density at radius 1 is 1.03 bits per heavy atom. The molecule has 0 fully saturated rings. The van der Waals surface area contributed by atoms with Crippen LogP contribution in [-0.2, 0) is 0 Å². The SMILES string of the molecule is COc1cccc2c1O[C@@H](c1ccc(C(C)C)cc1)N1N=C(c3ccc(Cl)cc3)C[C@H]21. The number of hydrogen-bond donors (Lipinski definition) is 0. The molecule has 5 rings (SSSR count). The molecule has 4 nitrogen and oxygen atoms in total. The average molecular weight is 433 g/mol. The fourth-order valence-corrected chi connectivity index (χ4v) is 4.45. The minimum Gasteiger partial charge on any atom is -0.493 e. The van der Waals surface area contributed by atoms with Crippen molar-refractivity contribution in [2.24, 2.45) is 5.10 Å². The van der Waals surface area contributed by atoms with E-state index in [1.165, 1.54) is 5.56 Å². The van der Waals surface area contributed by atoms with E-state index in [4.69, 9.17) is 26.2 Å². The standard InChI is InChI=1S/C26H25ClN2O2/c1-16(2)17-7-9-19(10-8-17)26-29-23(21-5-4-6-24(30-3)25(21)31-26)15-22(28-29)18-11-13-20(27)14-12-18/h4-14,16,23,26H,15H2,1-3H3/t23-,26+/m1/s1. The van der Waals surface area contributed by atoms with Crippen LogP contribution in [0.2, 0.25) is 5.02 Å². The summed E-state index contributed by atoms with van der Waals surface area (Å²) in [4.78, 5) is 0. The Bertz CT molecular complexity index is 1120. The van der Waals surface area contributed by atoms with Crippen LogP contribution in [0, 0.1) is 0 Å². The molecule has 5 heteroatoms. The number of hydrogen-bond acceptors (Lipinski definition) is 4. The summed E-state index contributed by atoms with van der Waals surface area (Å²) in [6.07, 6.45) is 0.478. The van der Waals surface area contributed by atoms with Gasteiger partial charge in [0.1, 0.15) is 0 Å². The van der Waals surface area contributed by atoms with E-state index in [1.54, 1.807) is 7.11 Å². The van der Waals surface area contributed by atoms with Crippen LogP contribution in [0.3, 0.4) is 0 Å². The van der Waals surface area contributed by atoms with Gasteiger partial charge in [0, 0.05) is 22.6 Å². The summed E-state index contributed by atoms with van der Waals surface area (Å²) in [7, 11) is 1.68. The zero-order valence-electron chi connectivity index (χ0n) is 17.9. The number of rotatable bonds is 4. The molecule has 0 unspecified atom stereocenters. The van der Waals surface area contributed by atoms with Gasteiger partial charge in [0.05, 0.1) is 18.9 Å². The highest BCUT2D eigenvalue weighted by Crippen LogP contribution is 2.50. The van der Waals surface area contributed by atoms with Crippen LogP contribution in [-0.4, -0.2) is 17.8 Å². The third-order valence-corrected chi connectivity index (χ3v) is 6.32. The van der Waals surface area contributed by atoms with Crippen molar-refractivity contribution < 1.29 is 9.47 Å². The highest BCUT2D eigenvalue weighted by atomic mass is 35.5. The molecule has 158 valence electrons. The lowest BCUT2D eigenvalue weighted by atomic mass is 9.95. The van der Waals surface area contributed by atoms with Crippen molar-refractivity contribution in [1.29, 1.82) is 0 Å². The van der Waals surface area contributed by atoms with E-state index in [-0.39, 0.29) is 12.3 Å². The van der Waals surface area contributed by atoms with Crippen LogP contribution in [0.1, 0.15) is 60.7 Å². The summed E-state index contributed by atoms with van der Waals surface area (Å²) in [6.45, 7) is 4.40. The zero-order chi connectivity index (χ0) is 21.5. The number of halogens is 1. The quantitative estimate of drug-likeness (QED) is 0.459. The second kappa shape index (κ2) is 7.93. The van der Waals surface area contributed by atoms with Gasteiger partial charge in [-0.2, -0.15) is 5.10 Å². The number of fused-ring (bicyclic) bond motifs is 3. The first-order valence-corrected chi connectivity index (χ1v) is 11.0. The predicted molar refractivity (Wildman–Crippen MR) is 124 cm³/mol. The Balaban J connectivity index is 1.58. The van der Waals surface area contributed by atoms with Gasteiger partial charge in [0.25, 0.3) is 0 Å². The Hall–Kier alpha value is -2.98. The summed E-state index contributed by atoms with van der Waals surface area (Å²) in [5.74, 6) is 2.04. The Labute approximate surface area is 188 Å². The molecule has 2 aliphatic heterocycles. The van der Waals surface area contributed by atoms with Crippen LogP contribution in [0.15, 0.2) is 71.8 Å². The molecule has 2 aliphatic rings. The van der Waals surface area contributed by atoms with Crippen molar-refractivity contribution in [1.82, 2.24) is 5.01 Å². The van der Waals surface area contributed by atoms with Crippen molar-refractivity contribution in [3.63, 3.8) is 0 Å². The second-order valence-corrected chi connectivity index (χ2v) is 8.76. The minimum atomic E-state index is -0.320. The molecule has 0 aliphatic carbocycles. The number of para-hydroxylation sites is 1. The van der Waals surface area contributed by atoms with Crippen molar-refractivity contribution >= 4 is 17.3 Å². The lowest BCUT2D eigenvalue weighted by molar-refractivity contribution is -0.0209. The highest BCUT2D eigenvalue weighted by molar-refractivity contribution is 6.30. The molecule has 3 aromatic rings. The molecule has 2 heterocycles. The smallest absolute Gasteiger partial charge is 0.214 e. The van der Waals surface area contributed by atoms with E-state index < -0.39 is 0 Å². The zero-order valence-corrected chi connectivity index (χ0v) is 18.6. The van der Waals surface area contributed by atoms with Crippen molar-refractivity contribution in [3.8, 4) is 11.5 Å². The van der Waals surface area contributed by atoms with Gasteiger partial charge in [0.2, 0.25) is 6.23 Å². The van der Waals surface area contributed by atoms with Gasteiger partial charge in [-0.25, -0.2) is 5.01 Å². The first-order valence-electron chi connectivity index (χ1n) is 10.6. The summed E-state index contributed by atoms with van der Waals surface area (Å²) in [6, 6.07) is 22.7. The molecule has 0 saturated carbocycles. The van der Waals surface area contributed by atoms with Gasteiger partial charge >= 0.3 is 0 Å². The maximum absolute atomic E-state index is 6.53. The van der Waals surface area contributed by atoms with Crippen LogP contribution in [0.4, 0.5) is 0 Å². The van der Waals surface area contributed by atoms with Gasteiger partial charge in [-0.1, -0.05) is 74.0 Å². The fraction of sp³-hybridized carbons (Fsp3) is 0.269. The summed E-state index contributed by atoms with van der Waals surface area (Å²) in [5, 5.41) is 7.84. The largest absolute Gasteiger partial charge is 0.493 e. The molecular formula is C26H25ClN2O2. The molecule has 31 heavy (non-hydrogen) atoms. The Morgan fingerprint density at radius 3 is 2.45 bits per heavy atom. The van der Waals surface area contributed by atoms with Crippen molar-refractivity contribution in [2.75, 3.05) is 7.11 Å². The monoisotopic (exact) mass is 432 g/mol. The lowest BCUT2D eigenvalue weighted by Gasteiger charge is -2.38. The van der Waals surface area contributed by atoms with Gasteiger partial charge in [-0.3, -0.25) is 0 Å². The minimum absolute atomic E-state index is 0.0827. The van der Waals surface area contributed by atoms with Crippen LogP contribution < -0.4 is 9.47 Å². The molecule has 0 spiro atoms. The van der Waals surface area contributed by atoms with E-state index in [1.807, 2.05) is 36.4 Å². The Kier molecular flexibility index (Phi) is 5.11. The average Bonchev–Trinajstić information content (AvgIpc) is 3.24. The Morgan fingerprint density at radius 2 is 1.77 bits per heavy atom. The van der Waals surface area contributed by atoms with Gasteiger partial charge in [-0.15, -0.1) is 0 Å². The van der Waals surface area contributed by atoms with Crippen LogP contribution >= 0.6 is 11.6 Å². The number of nitrogens with zero attached hydrogens (tertiary/aromatic N) is 2. The molecule has 0 radical (unpaired) electrons. The van der Waals surface area contributed by atoms with E-state index in [0.717, 1.165) is 45.3 Å². The van der Waals surface area contributed by atoms with Crippen LogP contribution in [0.25, 0.3) is 0 Å². The van der Waals surface area contributed by atoms with Crippen LogP contribution in [0.5, 0.6) is 11.5 Å². The predicted octanol–water partition coefficient (Wildman–Crippen LogP) is 6.71. The van der Waals surface area contributed by atoms with Crippen molar-refractivity contribution in [2.45, 2.75) is 38.5 Å². The van der Waals surface area contributed by atoms with Gasteiger partial charge < -0.3 is 9.47 Å². The molecule has 0 N–H and O–H groups in total. The first kappa shape index (κ1) is 20.0. The number of benzene rings is 3. The summed E-state index contributed by atoms with van der Waals surface area (Å²) in [5.41, 5.74) is 5.59. The van der Waals surface area contributed by atoms with Gasteiger partial charge in [0.15, 0.2) is 11.5 Å². The molecule has 2 atom stereocenters. The van der Waals surface area contributed by atoms with E-state index in [0.29, 0.717) is 5.92 Å². The third kappa shape index (κ3) is 3.55. The van der Waals surface area contributed by atoms with Gasteiger partial charge in [-0.05, 0) is 35.2 Å². The first-order chi connectivity index (χ1) is 15.0. The number of hydrazone groups is 1. The molecule has 0 saturated heterocycles. The maximum atomic E-state index is 6.53. The lowest BCUT2D eigenvalue weighted by Crippen LogP contribution is -2.33. The summed E-state index contributed by atoms with van der Waals surface area (Å²) < 4.78 is 12.2. The molecular weight excluding hydrogens is 408 g/mol. The molecule has 0 bridgehead atoms. The summed E-state index contributed by atoms with van der Waals surface area (Å²) >= 11 is 6.09. The van der Waals surface area contributed by atoms with E-state index in [9.17, 15) is 0 Å². The topological polar surface area (TPSA) is 34.1 Å².